The van der Waals surface area contributed by atoms with Crippen LogP contribution in [0.1, 0.15) is 25.2 Å². The summed E-state index contributed by atoms with van der Waals surface area (Å²) in [6, 6.07) is 9.66. The molecule has 1 unspecified atom stereocenters. The van der Waals surface area contributed by atoms with Crippen molar-refractivity contribution in [2.45, 2.75) is 44.2 Å². The summed E-state index contributed by atoms with van der Waals surface area (Å²) < 4.78 is 28.1. The van der Waals surface area contributed by atoms with E-state index in [2.05, 4.69) is 0 Å². The van der Waals surface area contributed by atoms with Crippen LogP contribution in [0.4, 0.5) is 0 Å². The molecule has 2 aliphatic rings. The van der Waals surface area contributed by atoms with Crippen LogP contribution in [0.25, 0.3) is 0 Å². The molecule has 0 bridgehead atoms. The standard InChI is InChI=1S/C16H20O6/c1-10(17)20-12-8-14(18-2)21-13-9-19-16(22-15(12)13)11-6-4-3-5-7-11/h3-7,12-16H,8-9H2,1-2H3/t12-,13-,14+,15+,16?/m1/s1. The fourth-order valence-corrected chi connectivity index (χ4v) is 2.83. The molecule has 120 valence electrons. The van der Waals surface area contributed by atoms with Crippen molar-refractivity contribution in [2.75, 3.05) is 13.7 Å². The van der Waals surface area contributed by atoms with E-state index in [0.717, 1.165) is 5.56 Å². The Bertz CT molecular complexity index is 505. The number of hydrogen-bond donors (Lipinski definition) is 0. The van der Waals surface area contributed by atoms with E-state index in [9.17, 15) is 4.79 Å². The van der Waals surface area contributed by atoms with Crippen molar-refractivity contribution in [3.8, 4) is 0 Å². The van der Waals surface area contributed by atoms with E-state index in [1.807, 2.05) is 30.3 Å². The zero-order valence-corrected chi connectivity index (χ0v) is 12.6. The highest BCUT2D eigenvalue weighted by molar-refractivity contribution is 5.66. The lowest BCUT2D eigenvalue weighted by Crippen LogP contribution is -2.56. The van der Waals surface area contributed by atoms with Crippen LogP contribution >= 0.6 is 0 Å². The zero-order chi connectivity index (χ0) is 15.5. The van der Waals surface area contributed by atoms with Crippen molar-refractivity contribution in [3.63, 3.8) is 0 Å². The summed E-state index contributed by atoms with van der Waals surface area (Å²) in [5, 5.41) is 0. The third-order valence-electron chi connectivity index (χ3n) is 3.83. The van der Waals surface area contributed by atoms with Crippen LogP contribution in [0.2, 0.25) is 0 Å². The van der Waals surface area contributed by atoms with Gasteiger partial charge in [0, 0.05) is 26.0 Å². The molecule has 6 nitrogen and oxygen atoms in total. The summed E-state index contributed by atoms with van der Waals surface area (Å²) >= 11 is 0. The van der Waals surface area contributed by atoms with E-state index in [4.69, 9.17) is 23.7 Å². The number of ether oxygens (including phenoxy) is 5. The van der Waals surface area contributed by atoms with Gasteiger partial charge in [0.25, 0.3) is 0 Å². The number of methoxy groups -OCH3 is 1. The van der Waals surface area contributed by atoms with Gasteiger partial charge in [0.05, 0.1) is 6.61 Å². The van der Waals surface area contributed by atoms with Gasteiger partial charge in [-0.05, 0) is 0 Å². The maximum atomic E-state index is 11.3. The predicted octanol–water partition coefficient (Wildman–Crippen LogP) is 1.79. The van der Waals surface area contributed by atoms with Gasteiger partial charge in [0.2, 0.25) is 0 Å². The fraction of sp³-hybridized carbons (Fsp3) is 0.562. The molecule has 2 saturated heterocycles. The minimum absolute atomic E-state index is 0.317. The molecule has 0 spiro atoms. The molecule has 22 heavy (non-hydrogen) atoms. The van der Waals surface area contributed by atoms with E-state index in [-0.39, 0.29) is 18.2 Å². The maximum absolute atomic E-state index is 11.3. The highest BCUT2D eigenvalue weighted by atomic mass is 16.7. The Morgan fingerprint density at radius 1 is 1.23 bits per heavy atom. The molecule has 1 aromatic rings. The number of benzene rings is 1. The summed E-state index contributed by atoms with van der Waals surface area (Å²) in [6.07, 6.45) is -1.55. The Morgan fingerprint density at radius 3 is 2.68 bits per heavy atom. The first-order valence-electron chi connectivity index (χ1n) is 7.35. The average molecular weight is 308 g/mol. The van der Waals surface area contributed by atoms with Gasteiger partial charge >= 0.3 is 5.97 Å². The van der Waals surface area contributed by atoms with Crippen LogP contribution in [-0.4, -0.2) is 44.3 Å². The van der Waals surface area contributed by atoms with Crippen LogP contribution < -0.4 is 0 Å². The van der Waals surface area contributed by atoms with Crippen LogP contribution in [0.15, 0.2) is 30.3 Å². The van der Waals surface area contributed by atoms with Crippen LogP contribution in [-0.2, 0) is 28.5 Å². The topological polar surface area (TPSA) is 63.2 Å². The van der Waals surface area contributed by atoms with Gasteiger partial charge in [-0.25, -0.2) is 0 Å². The van der Waals surface area contributed by atoms with Crippen molar-refractivity contribution in [1.29, 1.82) is 0 Å². The monoisotopic (exact) mass is 308 g/mol. The zero-order valence-electron chi connectivity index (χ0n) is 12.6. The summed E-state index contributed by atoms with van der Waals surface area (Å²) in [6.45, 7) is 1.75. The summed E-state index contributed by atoms with van der Waals surface area (Å²) in [7, 11) is 1.56. The predicted molar refractivity (Wildman–Crippen MR) is 75.8 cm³/mol. The molecule has 0 radical (unpaired) electrons. The van der Waals surface area contributed by atoms with Crippen LogP contribution in [0, 0.1) is 0 Å². The largest absolute Gasteiger partial charge is 0.459 e. The lowest BCUT2D eigenvalue weighted by Gasteiger charge is -2.44. The highest BCUT2D eigenvalue weighted by Crippen LogP contribution is 2.35. The molecule has 0 aliphatic carbocycles. The quantitative estimate of drug-likeness (QED) is 0.793. The minimum atomic E-state index is -0.483. The first-order chi connectivity index (χ1) is 10.7. The molecule has 1 aromatic carbocycles. The van der Waals surface area contributed by atoms with Gasteiger partial charge in [-0.3, -0.25) is 4.79 Å². The highest BCUT2D eigenvalue weighted by Gasteiger charge is 2.46. The summed E-state index contributed by atoms with van der Waals surface area (Å²) in [4.78, 5) is 11.3. The number of esters is 1. The third-order valence-corrected chi connectivity index (χ3v) is 3.83. The SMILES string of the molecule is CO[C@@H]1C[C@@H](OC(C)=O)[C@@H]2OC(c3ccccc3)OC[C@H]2O1. The Kier molecular flexibility index (Phi) is 4.73. The molecule has 3 rings (SSSR count). The average Bonchev–Trinajstić information content (AvgIpc) is 2.54. The van der Waals surface area contributed by atoms with Gasteiger partial charge in [0.15, 0.2) is 12.6 Å². The Hall–Kier alpha value is -1.47. The van der Waals surface area contributed by atoms with Crippen molar-refractivity contribution in [1.82, 2.24) is 0 Å². The van der Waals surface area contributed by atoms with E-state index < -0.39 is 18.7 Å². The number of carbonyl (C=O) groups excluding carboxylic acids is 1. The normalized spacial score (nSPS) is 34.7. The lowest BCUT2D eigenvalue weighted by atomic mass is 10.00. The van der Waals surface area contributed by atoms with Gasteiger partial charge in [0.1, 0.15) is 18.3 Å². The minimum Gasteiger partial charge on any atom is -0.459 e. The van der Waals surface area contributed by atoms with E-state index in [0.29, 0.717) is 13.0 Å². The number of fused-ring (bicyclic) bond motifs is 1. The first kappa shape index (κ1) is 15.4. The molecule has 5 atom stereocenters. The molecule has 2 heterocycles. The molecule has 6 heteroatoms. The summed E-state index contributed by atoms with van der Waals surface area (Å²) in [5.74, 6) is -0.341. The van der Waals surface area contributed by atoms with Gasteiger partial charge in [-0.2, -0.15) is 0 Å². The smallest absolute Gasteiger partial charge is 0.302 e. The van der Waals surface area contributed by atoms with Crippen molar-refractivity contribution in [3.05, 3.63) is 35.9 Å². The number of carbonyl (C=O) groups is 1. The maximum Gasteiger partial charge on any atom is 0.302 e. The second-order valence-electron chi connectivity index (χ2n) is 5.40. The molecule has 2 aliphatic heterocycles. The Balaban J connectivity index is 1.75. The van der Waals surface area contributed by atoms with Crippen molar-refractivity contribution in [2.24, 2.45) is 0 Å². The van der Waals surface area contributed by atoms with Crippen molar-refractivity contribution < 1.29 is 28.5 Å². The van der Waals surface area contributed by atoms with Crippen LogP contribution in [0.3, 0.4) is 0 Å². The second kappa shape index (κ2) is 6.75. The summed E-state index contributed by atoms with van der Waals surface area (Å²) in [5.41, 5.74) is 0.927. The molecular weight excluding hydrogens is 288 g/mol. The first-order valence-corrected chi connectivity index (χ1v) is 7.35. The molecular formula is C16H20O6. The second-order valence-corrected chi connectivity index (χ2v) is 5.40. The number of rotatable bonds is 3. The van der Waals surface area contributed by atoms with E-state index in [1.54, 1.807) is 7.11 Å². The third kappa shape index (κ3) is 3.30. The molecule has 0 saturated carbocycles. The molecule has 2 fully saturated rings. The van der Waals surface area contributed by atoms with Crippen molar-refractivity contribution >= 4 is 5.97 Å². The van der Waals surface area contributed by atoms with E-state index >= 15 is 0 Å². The van der Waals surface area contributed by atoms with Gasteiger partial charge in [-0.15, -0.1) is 0 Å². The van der Waals surface area contributed by atoms with Gasteiger partial charge in [-0.1, -0.05) is 30.3 Å². The molecule has 0 amide bonds. The van der Waals surface area contributed by atoms with Crippen LogP contribution in [0.5, 0.6) is 0 Å². The number of hydrogen-bond acceptors (Lipinski definition) is 6. The Labute approximate surface area is 129 Å². The Morgan fingerprint density at radius 2 is 2.00 bits per heavy atom. The molecule has 0 N–H and O–H groups in total. The molecule has 0 aromatic heterocycles. The van der Waals surface area contributed by atoms with E-state index in [1.165, 1.54) is 6.92 Å². The van der Waals surface area contributed by atoms with Gasteiger partial charge < -0.3 is 23.7 Å². The fourth-order valence-electron chi connectivity index (χ4n) is 2.83. The lowest BCUT2D eigenvalue weighted by molar-refractivity contribution is -0.335.